The highest BCUT2D eigenvalue weighted by atomic mass is 32.1. The third-order valence-corrected chi connectivity index (χ3v) is 8.91. The van der Waals surface area contributed by atoms with Crippen LogP contribution in [0.15, 0.2) is 35.6 Å². The van der Waals surface area contributed by atoms with Gasteiger partial charge < -0.3 is 25.8 Å². The minimum absolute atomic E-state index is 0.311. The molecule has 0 bridgehead atoms. The van der Waals surface area contributed by atoms with E-state index in [1.54, 1.807) is 0 Å². The molecule has 35 heavy (non-hydrogen) atoms. The molecule has 3 saturated heterocycles. The van der Waals surface area contributed by atoms with Gasteiger partial charge in [-0.15, -0.1) is 11.3 Å². The number of nitrogens with zero attached hydrogens (tertiary/aromatic N) is 2. The molecule has 6 rings (SSSR count). The molecule has 1 aliphatic carbocycles. The highest BCUT2D eigenvalue weighted by Crippen LogP contribution is 2.43. The minimum atomic E-state index is 0.311. The van der Waals surface area contributed by atoms with Crippen molar-refractivity contribution in [1.29, 1.82) is 0 Å². The maximum Gasteiger partial charge on any atom is 0.0736 e. The van der Waals surface area contributed by atoms with Crippen LogP contribution in [0.2, 0.25) is 0 Å². The Balaban J connectivity index is 0.000000689. The predicted octanol–water partition coefficient (Wildman–Crippen LogP) is 5.58. The van der Waals surface area contributed by atoms with Crippen LogP contribution in [0.1, 0.15) is 69.6 Å². The summed E-state index contributed by atoms with van der Waals surface area (Å²) < 4.78 is 0. The number of hydrogen-bond donors (Lipinski definition) is 3. The normalized spacial score (nSPS) is 27.6. The Bertz CT molecular complexity index is 931. The zero-order valence-electron chi connectivity index (χ0n) is 22.7. The van der Waals surface area contributed by atoms with Gasteiger partial charge in [0, 0.05) is 55.4 Å². The van der Waals surface area contributed by atoms with E-state index in [-0.39, 0.29) is 0 Å². The van der Waals surface area contributed by atoms with E-state index >= 15 is 0 Å². The molecule has 0 aromatic carbocycles. The molecule has 2 atom stereocenters. The number of allylic oxidation sites excluding steroid dienone is 3. The molecule has 6 heteroatoms. The number of aryl methyl sites for hydroxylation is 1. The third-order valence-electron chi connectivity index (χ3n) is 7.83. The lowest BCUT2D eigenvalue weighted by atomic mass is 9.92. The largest absolute Gasteiger partial charge is 0.374 e. The number of likely N-dealkylation sites (tertiary alicyclic amines) is 1. The number of piperazine rings is 1. The number of anilines is 1. The van der Waals surface area contributed by atoms with E-state index < -0.39 is 0 Å². The number of nitrogens with one attached hydrogen (secondary N) is 3. The van der Waals surface area contributed by atoms with Gasteiger partial charge in [0.25, 0.3) is 0 Å². The summed E-state index contributed by atoms with van der Waals surface area (Å²) in [5.41, 5.74) is 6.21. The van der Waals surface area contributed by atoms with Crippen LogP contribution in [-0.4, -0.2) is 67.2 Å². The van der Waals surface area contributed by atoms with Crippen molar-refractivity contribution < 1.29 is 0 Å². The van der Waals surface area contributed by atoms with Gasteiger partial charge in [-0.25, -0.2) is 0 Å². The second-order valence-electron chi connectivity index (χ2n) is 9.89. The summed E-state index contributed by atoms with van der Waals surface area (Å²) in [6.45, 7) is 18.3. The molecule has 0 saturated carbocycles. The van der Waals surface area contributed by atoms with Gasteiger partial charge in [0.05, 0.1) is 22.3 Å². The molecular weight excluding hydrogens is 450 g/mol. The molecular formula is C29H47N5S. The fourth-order valence-corrected chi connectivity index (χ4v) is 7.14. The molecule has 5 heterocycles. The van der Waals surface area contributed by atoms with Gasteiger partial charge >= 0.3 is 0 Å². The first-order valence-corrected chi connectivity index (χ1v) is 15.0. The Hall–Kier alpha value is -1.76. The average Bonchev–Trinajstić information content (AvgIpc) is 3.66. The maximum atomic E-state index is 3.87. The van der Waals surface area contributed by atoms with Crippen LogP contribution in [0.25, 0.3) is 5.70 Å². The Morgan fingerprint density at radius 2 is 1.74 bits per heavy atom. The van der Waals surface area contributed by atoms with Gasteiger partial charge in [0.1, 0.15) is 0 Å². The highest BCUT2D eigenvalue weighted by Gasteiger charge is 2.42. The van der Waals surface area contributed by atoms with Gasteiger partial charge in [0.15, 0.2) is 0 Å². The second kappa shape index (κ2) is 12.0. The van der Waals surface area contributed by atoms with Gasteiger partial charge in [-0.3, -0.25) is 0 Å². The molecule has 3 N–H and O–H groups in total. The van der Waals surface area contributed by atoms with Gasteiger partial charge in [0.2, 0.25) is 0 Å². The number of rotatable bonds is 3. The Kier molecular flexibility index (Phi) is 9.01. The molecule has 0 radical (unpaired) electrons. The van der Waals surface area contributed by atoms with E-state index in [0.717, 1.165) is 39.1 Å². The fraction of sp³-hybridized carbons (Fsp3) is 0.655. The van der Waals surface area contributed by atoms with Crippen LogP contribution in [0, 0.1) is 6.92 Å². The van der Waals surface area contributed by atoms with Crippen LogP contribution >= 0.6 is 11.3 Å². The van der Waals surface area contributed by atoms with Crippen molar-refractivity contribution in [3.05, 3.63) is 45.3 Å². The number of fused-ring (bicyclic) bond motifs is 1. The Morgan fingerprint density at radius 1 is 0.943 bits per heavy atom. The molecule has 1 aromatic rings. The van der Waals surface area contributed by atoms with E-state index in [1.165, 1.54) is 71.2 Å². The van der Waals surface area contributed by atoms with Crippen molar-refractivity contribution in [2.24, 2.45) is 0 Å². The van der Waals surface area contributed by atoms with Crippen LogP contribution in [0.5, 0.6) is 0 Å². The maximum absolute atomic E-state index is 3.87. The molecule has 2 unspecified atom stereocenters. The van der Waals surface area contributed by atoms with Crippen LogP contribution in [0.3, 0.4) is 0 Å². The van der Waals surface area contributed by atoms with E-state index in [9.17, 15) is 0 Å². The van der Waals surface area contributed by atoms with Crippen molar-refractivity contribution in [2.45, 2.75) is 78.3 Å². The first-order valence-electron chi connectivity index (χ1n) is 14.1. The zero-order valence-corrected chi connectivity index (χ0v) is 23.5. The van der Waals surface area contributed by atoms with Crippen molar-refractivity contribution in [3.63, 3.8) is 0 Å². The monoisotopic (exact) mass is 497 g/mol. The summed E-state index contributed by atoms with van der Waals surface area (Å²) in [6, 6.07) is 2.66. The van der Waals surface area contributed by atoms with Crippen LogP contribution in [0.4, 0.5) is 5.69 Å². The molecule has 1 spiro atoms. The smallest absolute Gasteiger partial charge is 0.0736 e. The first kappa shape index (κ1) is 26.3. The SMILES string of the molecule is CC.CC.Cc1cc2c(s1)C(N1CCC3(CCCN3)C1)=CC(C1=CC=C(N3CCNCC3)CC1)N2. The summed E-state index contributed by atoms with van der Waals surface area (Å²) in [4.78, 5) is 8.08. The van der Waals surface area contributed by atoms with Crippen LogP contribution < -0.4 is 16.0 Å². The summed E-state index contributed by atoms with van der Waals surface area (Å²) >= 11 is 1.95. The number of hydrogen-bond acceptors (Lipinski definition) is 6. The topological polar surface area (TPSA) is 42.6 Å². The van der Waals surface area contributed by atoms with Crippen molar-refractivity contribution in [2.75, 3.05) is 51.1 Å². The third kappa shape index (κ3) is 5.65. The quantitative estimate of drug-likeness (QED) is 0.509. The van der Waals surface area contributed by atoms with Gasteiger partial charge in [-0.2, -0.15) is 0 Å². The lowest BCUT2D eigenvalue weighted by molar-refractivity contribution is 0.289. The predicted molar refractivity (Wildman–Crippen MR) is 153 cm³/mol. The molecule has 3 fully saturated rings. The standard InChI is InChI=1S/C25H35N5S.2C2H6/c1-18-15-22-24(31-18)23(30-12-8-25(17-30)7-2-9-27-25)16-21(28-22)19-3-5-20(6-4-19)29-13-10-26-11-14-29;2*1-2/h3,5,15-16,21,26-28H,2,4,6-14,17H2,1H3;2*1-2H3. The molecule has 0 amide bonds. The molecule has 5 aliphatic rings. The summed E-state index contributed by atoms with van der Waals surface area (Å²) in [7, 11) is 0. The zero-order chi connectivity index (χ0) is 24.8. The highest BCUT2D eigenvalue weighted by molar-refractivity contribution is 7.13. The molecule has 1 aromatic heterocycles. The Labute approximate surface area is 217 Å². The molecule has 194 valence electrons. The first-order chi connectivity index (χ1) is 17.2. The summed E-state index contributed by atoms with van der Waals surface area (Å²) in [5, 5.41) is 11.2. The minimum Gasteiger partial charge on any atom is -0.374 e. The summed E-state index contributed by atoms with van der Waals surface area (Å²) in [6.07, 6.45) is 13.6. The van der Waals surface area contributed by atoms with E-state index in [4.69, 9.17) is 0 Å². The van der Waals surface area contributed by atoms with Crippen LogP contribution in [-0.2, 0) is 0 Å². The lowest BCUT2D eigenvalue weighted by Crippen LogP contribution is -2.43. The van der Waals surface area contributed by atoms with Crippen molar-refractivity contribution in [3.8, 4) is 0 Å². The molecule has 4 aliphatic heterocycles. The average molecular weight is 498 g/mol. The molecule has 5 nitrogen and oxygen atoms in total. The van der Waals surface area contributed by atoms with E-state index in [1.807, 2.05) is 39.0 Å². The summed E-state index contributed by atoms with van der Waals surface area (Å²) in [5.74, 6) is 0. The second-order valence-corrected chi connectivity index (χ2v) is 11.1. The van der Waals surface area contributed by atoms with Gasteiger partial charge in [-0.05, 0) is 69.4 Å². The Morgan fingerprint density at radius 3 is 2.43 bits per heavy atom. The van der Waals surface area contributed by atoms with E-state index in [0.29, 0.717) is 11.6 Å². The number of thiophene rings is 1. The van der Waals surface area contributed by atoms with Crippen molar-refractivity contribution in [1.82, 2.24) is 20.4 Å². The van der Waals surface area contributed by atoms with E-state index in [2.05, 4.69) is 57.0 Å². The lowest BCUT2D eigenvalue weighted by Gasteiger charge is -2.35. The fourth-order valence-electron chi connectivity index (χ4n) is 6.12. The van der Waals surface area contributed by atoms with Gasteiger partial charge in [-0.1, -0.05) is 33.8 Å². The van der Waals surface area contributed by atoms with Crippen molar-refractivity contribution >= 4 is 22.7 Å².